The van der Waals surface area contributed by atoms with Gasteiger partial charge in [0.2, 0.25) is 17.7 Å². The Balaban J connectivity index is 1.77. The van der Waals surface area contributed by atoms with Crippen LogP contribution in [0.3, 0.4) is 0 Å². The number of nitrogens with two attached hydrogens (primary N) is 1. The molecule has 0 aliphatic carbocycles. The van der Waals surface area contributed by atoms with Crippen molar-refractivity contribution in [3.63, 3.8) is 0 Å². The fourth-order valence-electron chi connectivity index (χ4n) is 4.23. The van der Waals surface area contributed by atoms with Crippen molar-refractivity contribution in [1.82, 2.24) is 15.5 Å². The van der Waals surface area contributed by atoms with Crippen molar-refractivity contribution in [3.8, 4) is 5.75 Å². The van der Waals surface area contributed by atoms with Crippen LogP contribution in [0.5, 0.6) is 5.75 Å². The molecule has 1 aliphatic rings. The van der Waals surface area contributed by atoms with Crippen LogP contribution in [0.25, 0.3) is 0 Å². The lowest BCUT2D eigenvalue weighted by Crippen LogP contribution is -2.57. The van der Waals surface area contributed by atoms with Gasteiger partial charge in [-0.15, -0.1) is 0 Å². The van der Waals surface area contributed by atoms with Crippen molar-refractivity contribution >= 4 is 23.7 Å². The minimum atomic E-state index is -1.25. The summed E-state index contributed by atoms with van der Waals surface area (Å²) in [7, 11) is 0. The van der Waals surface area contributed by atoms with Crippen molar-refractivity contribution in [1.29, 1.82) is 0 Å². The van der Waals surface area contributed by atoms with Crippen LogP contribution < -0.4 is 16.4 Å². The minimum absolute atomic E-state index is 0.00729. The largest absolute Gasteiger partial charge is 0.508 e. The van der Waals surface area contributed by atoms with Gasteiger partial charge in [0.05, 0.1) is 6.04 Å². The van der Waals surface area contributed by atoms with Gasteiger partial charge in [0, 0.05) is 19.4 Å². The molecular weight excluding hydrogens is 464 g/mol. The number of aliphatic carboxylic acids is 1. The van der Waals surface area contributed by atoms with Crippen molar-refractivity contribution in [2.24, 2.45) is 5.73 Å². The van der Waals surface area contributed by atoms with Gasteiger partial charge in [-0.1, -0.05) is 42.5 Å². The summed E-state index contributed by atoms with van der Waals surface area (Å²) in [5.74, 6) is -2.66. The monoisotopic (exact) mass is 496 g/mol. The number of aromatic hydroxyl groups is 1. The topological polar surface area (TPSA) is 162 Å². The van der Waals surface area contributed by atoms with E-state index in [9.17, 15) is 29.4 Å². The summed E-state index contributed by atoms with van der Waals surface area (Å²) in [6, 6.07) is 11.2. The number of carbonyl (C=O) groups excluding carboxylic acids is 3. The summed E-state index contributed by atoms with van der Waals surface area (Å²) in [5.41, 5.74) is 7.12. The second kappa shape index (κ2) is 12.2. The highest BCUT2D eigenvalue weighted by molar-refractivity contribution is 5.94. The quantitative estimate of drug-likeness (QED) is 0.321. The molecule has 192 valence electrons. The summed E-state index contributed by atoms with van der Waals surface area (Å²) in [4.78, 5) is 52.2. The predicted octanol–water partition coefficient (Wildman–Crippen LogP) is 0.570. The number of phenols is 1. The Kier molecular flexibility index (Phi) is 9.02. The van der Waals surface area contributed by atoms with E-state index in [1.54, 1.807) is 43.3 Å². The first-order chi connectivity index (χ1) is 17.2. The Morgan fingerprint density at radius 1 is 0.972 bits per heavy atom. The van der Waals surface area contributed by atoms with Crippen molar-refractivity contribution in [2.75, 3.05) is 6.54 Å². The zero-order valence-corrected chi connectivity index (χ0v) is 20.1. The summed E-state index contributed by atoms with van der Waals surface area (Å²) < 4.78 is 0. The Labute approximate surface area is 209 Å². The van der Waals surface area contributed by atoms with Gasteiger partial charge >= 0.3 is 5.97 Å². The normalized spacial score (nSPS) is 17.6. The number of rotatable bonds is 10. The van der Waals surface area contributed by atoms with Crippen LogP contribution in [0.4, 0.5) is 0 Å². The van der Waals surface area contributed by atoms with Crippen LogP contribution in [-0.2, 0) is 32.0 Å². The zero-order chi connectivity index (χ0) is 26.2. The number of carboxylic acid groups (broad SMARTS) is 1. The maximum Gasteiger partial charge on any atom is 0.326 e. The van der Waals surface area contributed by atoms with Crippen LogP contribution >= 0.6 is 0 Å². The molecule has 0 bridgehead atoms. The van der Waals surface area contributed by atoms with Gasteiger partial charge in [-0.05, 0) is 43.0 Å². The fourth-order valence-corrected chi connectivity index (χ4v) is 4.23. The molecule has 6 N–H and O–H groups in total. The van der Waals surface area contributed by atoms with Gasteiger partial charge in [0.25, 0.3) is 0 Å². The molecule has 36 heavy (non-hydrogen) atoms. The molecule has 1 fully saturated rings. The minimum Gasteiger partial charge on any atom is -0.508 e. The first-order valence-electron chi connectivity index (χ1n) is 11.9. The molecule has 1 aliphatic heterocycles. The number of hydrogen-bond donors (Lipinski definition) is 5. The molecule has 0 saturated carbocycles. The van der Waals surface area contributed by atoms with Gasteiger partial charge < -0.3 is 31.5 Å². The molecule has 3 amide bonds. The van der Waals surface area contributed by atoms with E-state index in [4.69, 9.17) is 5.73 Å². The maximum atomic E-state index is 13.3. The number of nitrogens with zero attached hydrogens (tertiary/aromatic N) is 1. The third-order valence-electron chi connectivity index (χ3n) is 6.13. The molecule has 10 heteroatoms. The molecule has 0 aromatic heterocycles. The average molecular weight is 497 g/mol. The molecule has 10 nitrogen and oxygen atoms in total. The molecule has 4 unspecified atom stereocenters. The standard InChI is InChI=1S/C26H32N4O6/c1-16(27)25(34)30-13-5-8-22(30)24(33)28-20(14-17-6-3-2-4-7-17)23(32)29-21(26(35)36)15-18-9-11-19(31)12-10-18/h2-4,6-7,9-12,16,20-22,31H,5,8,13-15,27H2,1H3,(H,28,33)(H,29,32)(H,35,36). The summed E-state index contributed by atoms with van der Waals surface area (Å²) in [6.07, 6.45) is 1.22. The lowest BCUT2D eigenvalue weighted by Gasteiger charge is -2.28. The van der Waals surface area contributed by atoms with E-state index in [0.717, 1.165) is 5.56 Å². The van der Waals surface area contributed by atoms with Gasteiger partial charge in [-0.2, -0.15) is 0 Å². The average Bonchev–Trinajstić information content (AvgIpc) is 3.34. The second-order valence-corrected chi connectivity index (χ2v) is 9.00. The van der Waals surface area contributed by atoms with Gasteiger partial charge in [0.1, 0.15) is 23.9 Å². The number of phenolic OH excluding ortho intramolecular Hbond substituents is 1. The number of likely N-dealkylation sites (tertiary alicyclic amines) is 1. The number of carboxylic acids is 1. The first kappa shape index (κ1) is 26.7. The molecule has 3 rings (SSSR count). The van der Waals surface area contributed by atoms with E-state index in [1.807, 2.05) is 6.07 Å². The molecule has 0 spiro atoms. The lowest BCUT2D eigenvalue weighted by molar-refractivity contribution is -0.143. The lowest BCUT2D eigenvalue weighted by atomic mass is 10.0. The Hall–Kier alpha value is -3.92. The highest BCUT2D eigenvalue weighted by Crippen LogP contribution is 2.19. The van der Waals surface area contributed by atoms with E-state index >= 15 is 0 Å². The fraction of sp³-hybridized carbons (Fsp3) is 0.385. The Morgan fingerprint density at radius 2 is 1.58 bits per heavy atom. The van der Waals surface area contributed by atoms with Crippen LogP contribution in [0.15, 0.2) is 54.6 Å². The van der Waals surface area contributed by atoms with Crippen molar-refractivity contribution in [3.05, 3.63) is 65.7 Å². The number of carbonyl (C=O) groups is 4. The van der Waals surface area contributed by atoms with Gasteiger partial charge in [-0.25, -0.2) is 4.79 Å². The third-order valence-corrected chi connectivity index (χ3v) is 6.13. The number of benzene rings is 2. The van der Waals surface area contributed by atoms with E-state index in [2.05, 4.69) is 10.6 Å². The highest BCUT2D eigenvalue weighted by atomic mass is 16.4. The van der Waals surface area contributed by atoms with Gasteiger partial charge in [-0.3, -0.25) is 14.4 Å². The highest BCUT2D eigenvalue weighted by Gasteiger charge is 2.37. The molecule has 2 aromatic carbocycles. The van der Waals surface area contributed by atoms with Crippen LogP contribution in [0.1, 0.15) is 30.9 Å². The summed E-state index contributed by atoms with van der Waals surface area (Å²) >= 11 is 0. The van der Waals surface area contributed by atoms with Crippen molar-refractivity contribution in [2.45, 2.75) is 56.8 Å². The number of nitrogens with one attached hydrogen (secondary N) is 2. The molecule has 2 aromatic rings. The molecule has 1 heterocycles. The smallest absolute Gasteiger partial charge is 0.326 e. The summed E-state index contributed by atoms with van der Waals surface area (Å²) in [6.45, 7) is 1.96. The van der Waals surface area contributed by atoms with Crippen LogP contribution in [0.2, 0.25) is 0 Å². The SMILES string of the molecule is CC(N)C(=O)N1CCCC1C(=O)NC(Cc1ccccc1)C(=O)NC(Cc1ccc(O)cc1)C(=O)O. The van der Waals surface area contributed by atoms with E-state index < -0.39 is 42.0 Å². The van der Waals surface area contributed by atoms with Crippen LogP contribution in [-0.4, -0.2) is 69.5 Å². The van der Waals surface area contributed by atoms with Crippen LogP contribution in [0, 0.1) is 0 Å². The van der Waals surface area contributed by atoms with Gasteiger partial charge in [0.15, 0.2) is 0 Å². The zero-order valence-electron chi connectivity index (χ0n) is 20.1. The third kappa shape index (κ3) is 7.05. The van der Waals surface area contributed by atoms with E-state index in [-0.39, 0.29) is 24.5 Å². The molecule has 4 atom stereocenters. The second-order valence-electron chi connectivity index (χ2n) is 9.00. The Bertz CT molecular complexity index is 1070. The Morgan fingerprint density at radius 3 is 2.19 bits per heavy atom. The van der Waals surface area contributed by atoms with Crippen molar-refractivity contribution < 1.29 is 29.4 Å². The first-order valence-corrected chi connectivity index (χ1v) is 11.9. The number of amides is 3. The molecular formula is C26H32N4O6. The maximum absolute atomic E-state index is 13.3. The summed E-state index contributed by atoms with van der Waals surface area (Å²) in [5, 5.41) is 24.4. The molecule has 1 saturated heterocycles. The molecule has 0 radical (unpaired) electrons. The van der Waals surface area contributed by atoms with E-state index in [0.29, 0.717) is 24.9 Å². The van der Waals surface area contributed by atoms with E-state index in [1.165, 1.54) is 17.0 Å². The predicted molar refractivity (Wildman–Crippen MR) is 132 cm³/mol. The number of hydrogen-bond acceptors (Lipinski definition) is 6.